The Kier molecular flexibility index (Phi) is 6.73. The molecule has 0 aromatic carbocycles. The number of hydrogen-bond acceptors (Lipinski definition) is 6. The van der Waals surface area contributed by atoms with Crippen LogP contribution in [-0.2, 0) is 4.79 Å². The monoisotopic (exact) mass is 449 g/mol. The second kappa shape index (κ2) is 10.1. The standard InChI is InChI=1S/C25H35N7O/c1-2-29-16-18-30(19-17-29)12-5-11-27-25(33)20-8-14-31(15-9-20)24-22-7-4-13-32(22)21-6-3-10-26-23(21)28-24/h3-4,6-7,10,13,20H,2,5,8-9,11-12,14-19H2,1H3,(H,27,33). The number of nitrogens with one attached hydrogen (secondary N) is 1. The Bertz CT molecular complexity index is 1080. The lowest BCUT2D eigenvalue weighted by Gasteiger charge is -2.34. The number of carbonyl (C=O) groups is 1. The molecule has 2 aliphatic heterocycles. The first-order valence-corrected chi connectivity index (χ1v) is 12.4. The minimum Gasteiger partial charge on any atom is -0.356 e. The Balaban J connectivity index is 1.11. The number of piperazine rings is 1. The smallest absolute Gasteiger partial charge is 0.223 e. The molecule has 0 bridgehead atoms. The molecular formula is C25H35N7O. The van der Waals surface area contributed by atoms with Gasteiger partial charge in [0.15, 0.2) is 11.5 Å². The molecule has 1 amide bonds. The summed E-state index contributed by atoms with van der Waals surface area (Å²) in [6.45, 7) is 11.5. The minimum atomic E-state index is 0.0933. The summed E-state index contributed by atoms with van der Waals surface area (Å²) in [5.41, 5.74) is 2.87. The predicted octanol–water partition coefficient (Wildman–Crippen LogP) is 2.24. The maximum Gasteiger partial charge on any atom is 0.223 e. The van der Waals surface area contributed by atoms with Gasteiger partial charge < -0.3 is 24.4 Å². The van der Waals surface area contributed by atoms with Crippen LogP contribution in [0.1, 0.15) is 26.2 Å². The number of carbonyl (C=O) groups excluding carboxylic acids is 1. The van der Waals surface area contributed by atoms with E-state index in [1.54, 1.807) is 6.20 Å². The number of aromatic nitrogens is 3. The van der Waals surface area contributed by atoms with Crippen LogP contribution in [0.4, 0.5) is 5.82 Å². The van der Waals surface area contributed by atoms with E-state index in [2.05, 4.69) is 54.7 Å². The van der Waals surface area contributed by atoms with Gasteiger partial charge in [0.1, 0.15) is 0 Å². The van der Waals surface area contributed by atoms with Crippen molar-refractivity contribution >= 4 is 28.4 Å². The fraction of sp³-hybridized carbons (Fsp3) is 0.560. The maximum atomic E-state index is 12.7. The van der Waals surface area contributed by atoms with Gasteiger partial charge in [0, 0.05) is 64.1 Å². The molecule has 0 aliphatic carbocycles. The number of rotatable bonds is 7. The third-order valence-corrected chi connectivity index (χ3v) is 7.24. The molecule has 8 nitrogen and oxygen atoms in total. The summed E-state index contributed by atoms with van der Waals surface area (Å²) in [5.74, 6) is 1.27. The molecular weight excluding hydrogens is 414 g/mol. The van der Waals surface area contributed by atoms with Gasteiger partial charge in [-0.3, -0.25) is 4.79 Å². The van der Waals surface area contributed by atoms with Gasteiger partial charge in [0.2, 0.25) is 5.91 Å². The Morgan fingerprint density at radius 3 is 2.58 bits per heavy atom. The van der Waals surface area contributed by atoms with Crippen LogP contribution in [-0.4, -0.2) is 89.0 Å². The summed E-state index contributed by atoms with van der Waals surface area (Å²) in [6.07, 6.45) is 6.60. The molecule has 33 heavy (non-hydrogen) atoms. The summed E-state index contributed by atoms with van der Waals surface area (Å²) >= 11 is 0. The molecule has 0 spiro atoms. The van der Waals surface area contributed by atoms with E-state index in [0.717, 1.165) is 87.6 Å². The SMILES string of the molecule is CCN1CCN(CCCNC(=O)C2CCN(c3nc4ncccc4n4cccc34)CC2)CC1. The van der Waals surface area contributed by atoms with E-state index in [0.29, 0.717) is 0 Å². The third kappa shape index (κ3) is 4.82. The first kappa shape index (κ1) is 22.1. The van der Waals surface area contributed by atoms with Crippen molar-refractivity contribution in [3.63, 3.8) is 0 Å². The molecule has 2 aliphatic rings. The highest BCUT2D eigenvalue weighted by Gasteiger charge is 2.27. The van der Waals surface area contributed by atoms with Gasteiger partial charge in [-0.2, -0.15) is 0 Å². The highest BCUT2D eigenvalue weighted by Crippen LogP contribution is 2.28. The molecule has 3 aromatic heterocycles. The van der Waals surface area contributed by atoms with Crippen LogP contribution in [0.25, 0.3) is 16.7 Å². The van der Waals surface area contributed by atoms with E-state index in [1.807, 2.05) is 12.1 Å². The van der Waals surface area contributed by atoms with Crippen molar-refractivity contribution in [1.82, 2.24) is 29.5 Å². The number of nitrogens with zero attached hydrogens (tertiary/aromatic N) is 6. The summed E-state index contributed by atoms with van der Waals surface area (Å²) in [7, 11) is 0. The van der Waals surface area contributed by atoms with Gasteiger partial charge in [-0.1, -0.05) is 6.92 Å². The third-order valence-electron chi connectivity index (χ3n) is 7.24. The number of pyridine rings is 1. The minimum absolute atomic E-state index is 0.0933. The molecule has 0 radical (unpaired) electrons. The van der Waals surface area contributed by atoms with Crippen LogP contribution in [0.15, 0.2) is 36.7 Å². The average molecular weight is 450 g/mol. The molecule has 8 heteroatoms. The van der Waals surface area contributed by atoms with Crippen LogP contribution in [0.3, 0.4) is 0 Å². The van der Waals surface area contributed by atoms with Gasteiger partial charge in [-0.15, -0.1) is 0 Å². The van der Waals surface area contributed by atoms with Crippen molar-refractivity contribution < 1.29 is 4.79 Å². The largest absolute Gasteiger partial charge is 0.356 e. The molecule has 5 heterocycles. The molecule has 176 valence electrons. The number of fused-ring (bicyclic) bond motifs is 3. The van der Waals surface area contributed by atoms with Crippen LogP contribution in [0.5, 0.6) is 0 Å². The average Bonchev–Trinajstić information content (AvgIpc) is 3.37. The predicted molar refractivity (Wildman–Crippen MR) is 132 cm³/mol. The fourth-order valence-corrected chi connectivity index (χ4v) is 5.17. The lowest BCUT2D eigenvalue weighted by Crippen LogP contribution is -2.47. The zero-order valence-electron chi connectivity index (χ0n) is 19.6. The quantitative estimate of drug-likeness (QED) is 0.558. The van der Waals surface area contributed by atoms with Crippen molar-refractivity contribution in [3.8, 4) is 0 Å². The van der Waals surface area contributed by atoms with E-state index >= 15 is 0 Å². The van der Waals surface area contributed by atoms with Crippen LogP contribution < -0.4 is 10.2 Å². The van der Waals surface area contributed by atoms with Crippen LogP contribution in [0.2, 0.25) is 0 Å². The van der Waals surface area contributed by atoms with E-state index < -0.39 is 0 Å². The normalized spacial score (nSPS) is 18.9. The molecule has 3 aromatic rings. The second-order valence-electron chi connectivity index (χ2n) is 9.23. The molecule has 2 saturated heterocycles. The zero-order valence-corrected chi connectivity index (χ0v) is 19.6. The van der Waals surface area contributed by atoms with E-state index in [1.165, 1.54) is 13.1 Å². The molecule has 1 N–H and O–H groups in total. The Morgan fingerprint density at radius 2 is 1.79 bits per heavy atom. The summed E-state index contributed by atoms with van der Waals surface area (Å²) < 4.78 is 2.16. The van der Waals surface area contributed by atoms with Gasteiger partial charge in [0.05, 0.1) is 11.0 Å². The molecule has 0 unspecified atom stereocenters. The van der Waals surface area contributed by atoms with Gasteiger partial charge >= 0.3 is 0 Å². The molecule has 0 saturated carbocycles. The zero-order chi connectivity index (χ0) is 22.6. The van der Waals surface area contributed by atoms with Crippen molar-refractivity contribution in [2.45, 2.75) is 26.2 Å². The number of likely N-dealkylation sites (N-methyl/N-ethyl adjacent to an activating group) is 1. The first-order chi connectivity index (χ1) is 16.2. The fourth-order valence-electron chi connectivity index (χ4n) is 5.17. The van der Waals surface area contributed by atoms with Crippen molar-refractivity contribution in [3.05, 3.63) is 36.7 Å². The van der Waals surface area contributed by atoms with Crippen LogP contribution >= 0.6 is 0 Å². The molecule has 0 atom stereocenters. The van der Waals surface area contributed by atoms with Crippen LogP contribution in [0, 0.1) is 5.92 Å². The first-order valence-electron chi connectivity index (χ1n) is 12.4. The molecule has 2 fully saturated rings. The highest BCUT2D eigenvalue weighted by molar-refractivity contribution is 5.83. The summed E-state index contributed by atoms with van der Waals surface area (Å²) in [4.78, 5) is 29.4. The Hall–Kier alpha value is -2.71. The number of amides is 1. The Labute approximate surface area is 195 Å². The maximum absolute atomic E-state index is 12.7. The lowest BCUT2D eigenvalue weighted by atomic mass is 9.96. The Morgan fingerprint density at radius 1 is 1.03 bits per heavy atom. The number of piperidine rings is 1. The van der Waals surface area contributed by atoms with E-state index in [4.69, 9.17) is 4.98 Å². The summed E-state index contributed by atoms with van der Waals surface area (Å²) in [5, 5.41) is 3.19. The number of hydrogen-bond donors (Lipinski definition) is 1. The van der Waals surface area contributed by atoms with E-state index in [-0.39, 0.29) is 11.8 Å². The second-order valence-corrected chi connectivity index (χ2v) is 9.23. The van der Waals surface area contributed by atoms with E-state index in [9.17, 15) is 4.79 Å². The van der Waals surface area contributed by atoms with Crippen molar-refractivity contribution in [2.24, 2.45) is 5.92 Å². The van der Waals surface area contributed by atoms with Crippen molar-refractivity contribution in [2.75, 3.05) is 63.8 Å². The highest BCUT2D eigenvalue weighted by atomic mass is 16.1. The number of anilines is 1. The summed E-state index contributed by atoms with van der Waals surface area (Å²) in [6, 6.07) is 8.15. The molecule has 5 rings (SSSR count). The van der Waals surface area contributed by atoms with Gasteiger partial charge in [0.25, 0.3) is 0 Å². The lowest BCUT2D eigenvalue weighted by molar-refractivity contribution is -0.125. The van der Waals surface area contributed by atoms with Gasteiger partial charge in [-0.25, -0.2) is 9.97 Å². The topological polar surface area (TPSA) is 69.0 Å². The van der Waals surface area contributed by atoms with Crippen molar-refractivity contribution in [1.29, 1.82) is 0 Å². The van der Waals surface area contributed by atoms with Gasteiger partial charge in [-0.05, 0) is 56.6 Å².